The lowest BCUT2D eigenvalue weighted by Gasteiger charge is -2.41. The third-order valence-corrected chi connectivity index (χ3v) is 5.85. The Morgan fingerprint density at radius 2 is 0.885 bits per heavy atom. The van der Waals surface area contributed by atoms with Crippen LogP contribution in [-0.2, 0) is 13.3 Å². The number of hydrogen-bond acceptors (Lipinski definition) is 3. The fourth-order valence-electron chi connectivity index (χ4n) is 1.67. The number of hydrogen-bond donors (Lipinski definition) is 0. The molecule has 26 heavy (non-hydrogen) atoms. The van der Waals surface area contributed by atoms with Gasteiger partial charge in [0.2, 0.25) is 0 Å². The quantitative estimate of drug-likeness (QED) is 0.318. The molecule has 0 saturated carbocycles. The molecule has 0 radical (unpaired) electrons. The van der Waals surface area contributed by atoms with Crippen LogP contribution < -0.4 is 0 Å². The molecule has 0 aromatic carbocycles. The Morgan fingerprint density at radius 3 is 1.12 bits per heavy atom. The first-order chi connectivity index (χ1) is 11.7. The van der Waals surface area contributed by atoms with Gasteiger partial charge in [0, 0.05) is 19.8 Å². The van der Waals surface area contributed by atoms with Gasteiger partial charge in [0.25, 0.3) is 0 Å². The molecule has 0 atom stereocenters. The van der Waals surface area contributed by atoms with Crippen molar-refractivity contribution in [2.45, 2.75) is 63.6 Å². The predicted octanol–water partition coefficient (Wildman–Crippen LogP) is 5.21. The summed E-state index contributed by atoms with van der Waals surface area (Å²) in [6.07, 6.45) is -6.97. The highest BCUT2D eigenvalue weighted by atomic mass is 28.4. The molecule has 0 aromatic heterocycles. The van der Waals surface area contributed by atoms with Crippen molar-refractivity contribution in [2.75, 3.05) is 19.8 Å². The van der Waals surface area contributed by atoms with E-state index in [9.17, 15) is 39.5 Å². The molecule has 0 saturated heterocycles. The van der Waals surface area contributed by atoms with Gasteiger partial charge in [-0.2, -0.15) is 39.5 Å². The van der Waals surface area contributed by atoms with E-state index in [0.717, 1.165) is 0 Å². The van der Waals surface area contributed by atoms with Crippen LogP contribution >= 0.6 is 0 Å². The summed E-state index contributed by atoms with van der Waals surface area (Å²) in [4.78, 5) is 0. The van der Waals surface area contributed by atoms with Gasteiger partial charge in [-0.3, -0.25) is 0 Å². The highest BCUT2D eigenvalue weighted by Crippen LogP contribution is 2.56. The second kappa shape index (κ2) is 9.11. The van der Waals surface area contributed by atoms with Crippen molar-refractivity contribution in [1.29, 1.82) is 0 Å². The van der Waals surface area contributed by atoms with Crippen molar-refractivity contribution < 1.29 is 52.8 Å². The lowest BCUT2D eigenvalue weighted by atomic mass is 10.1. The van der Waals surface area contributed by atoms with E-state index >= 15 is 0 Å². The Hall–Kier alpha value is -0.533. The molecule has 0 aliphatic carbocycles. The largest absolute Gasteiger partial charge is 0.582 e. The molecule has 0 N–H and O–H groups in total. The van der Waals surface area contributed by atoms with Crippen molar-refractivity contribution in [2.24, 2.45) is 0 Å². The van der Waals surface area contributed by atoms with Gasteiger partial charge in [0.05, 0.1) is 0 Å². The van der Waals surface area contributed by atoms with E-state index in [-0.39, 0.29) is 19.3 Å². The summed E-state index contributed by atoms with van der Waals surface area (Å²) in [7, 11) is -5.97. The molecular formula is C13H21F9O3Si. The molecule has 0 unspecified atom stereocenters. The number of alkyl halides is 9. The van der Waals surface area contributed by atoms with E-state index in [0.29, 0.717) is 0 Å². The summed E-state index contributed by atoms with van der Waals surface area (Å²) >= 11 is 0. The SMILES string of the molecule is CCCO[Si](OCCC)(OCCC)C(F)(F)C(F)(F)C(F)(F)C(F)(F)F. The average Bonchev–Trinajstić information content (AvgIpc) is 2.52. The number of halogens is 9. The second-order valence-corrected chi connectivity index (χ2v) is 7.93. The smallest absolute Gasteiger partial charge is 0.370 e. The van der Waals surface area contributed by atoms with Gasteiger partial charge in [0.1, 0.15) is 0 Å². The van der Waals surface area contributed by atoms with Crippen LogP contribution in [0.1, 0.15) is 40.0 Å². The van der Waals surface area contributed by atoms with Crippen LogP contribution in [0.2, 0.25) is 0 Å². The minimum Gasteiger partial charge on any atom is -0.370 e. The summed E-state index contributed by atoms with van der Waals surface area (Å²) in [6.45, 7) is 2.22. The van der Waals surface area contributed by atoms with Crippen LogP contribution in [0.5, 0.6) is 0 Å². The van der Waals surface area contributed by atoms with Gasteiger partial charge in [-0.1, -0.05) is 20.8 Å². The van der Waals surface area contributed by atoms with E-state index in [1.165, 1.54) is 20.8 Å². The topological polar surface area (TPSA) is 27.7 Å². The van der Waals surface area contributed by atoms with Crippen LogP contribution in [0.25, 0.3) is 0 Å². The zero-order chi connectivity index (χ0) is 20.9. The maximum atomic E-state index is 14.5. The Bertz CT molecular complexity index is 408. The Kier molecular flexibility index (Phi) is 8.92. The van der Waals surface area contributed by atoms with Crippen molar-refractivity contribution in [3.05, 3.63) is 0 Å². The fraction of sp³-hybridized carbons (Fsp3) is 1.00. The second-order valence-electron chi connectivity index (χ2n) is 5.32. The summed E-state index contributed by atoms with van der Waals surface area (Å²) < 4.78 is 134. The molecule has 158 valence electrons. The monoisotopic (exact) mass is 424 g/mol. The highest BCUT2D eigenvalue weighted by Gasteiger charge is 2.89. The summed E-state index contributed by atoms with van der Waals surface area (Å²) in [5, 5.41) is 0. The lowest BCUT2D eigenvalue weighted by Crippen LogP contribution is -2.74. The molecule has 0 rings (SSSR count). The van der Waals surface area contributed by atoms with Crippen molar-refractivity contribution in [1.82, 2.24) is 0 Å². The molecule has 0 aliphatic rings. The van der Waals surface area contributed by atoms with Gasteiger partial charge in [-0.15, -0.1) is 0 Å². The average molecular weight is 424 g/mol. The van der Waals surface area contributed by atoms with Crippen molar-refractivity contribution in [3.63, 3.8) is 0 Å². The van der Waals surface area contributed by atoms with Gasteiger partial charge in [-0.25, -0.2) is 0 Å². The maximum Gasteiger partial charge on any atom is 0.582 e. The van der Waals surface area contributed by atoms with Crippen molar-refractivity contribution in [3.8, 4) is 0 Å². The van der Waals surface area contributed by atoms with E-state index in [1.54, 1.807) is 0 Å². The predicted molar refractivity (Wildman–Crippen MR) is 75.4 cm³/mol. The molecule has 0 fully saturated rings. The first kappa shape index (κ1) is 25.5. The minimum atomic E-state index is -7.03. The zero-order valence-corrected chi connectivity index (χ0v) is 15.4. The third-order valence-electron chi connectivity index (χ3n) is 3.02. The molecule has 0 amide bonds. The zero-order valence-electron chi connectivity index (χ0n) is 14.4. The van der Waals surface area contributed by atoms with Gasteiger partial charge in [0.15, 0.2) is 0 Å². The maximum absolute atomic E-state index is 14.5. The summed E-state index contributed by atoms with van der Waals surface area (Å²) in [5.74, 6) is -13.9. The van der Waals surface area contributed by atoms with E-state index in [1.807, 2.05) is 0 Å². The molecule has 3 nitrogen and oxygen atoms in total. The molecule has 0 bridgehead atoms. The fourth-order valence-corrected chi connectivity index (χ4v) is 4.43. The van der Waals surface area contributed by atoms with E-state index in [2.05, 4.69) is 13.3 Å². The molecule has 0 aliphatic heterocycles. The Morgan fingerprint density at radius 1 is 0.577 bits per heavy atom. The van der Waals surface area contributed by atoms with Crippen LogP contribution in [-0.4, -0.2) is 52.2 Å². The third kappa shape index (κ3) is 4.65. The van der Waals surface area contributed by atoms with Gasteiger partial charge in [-0.05, 0) is 19.3 Å². The minimum absolute atomic E-state index is 0.0168. The molecule has 0 spiro atoms. The van der Waals surface area contributed by atoms with Crippen LogP contribution in [0, 0.1) is 0 Å². The van der Waals surface area contributed by atoms with Crippen LogP contribution in [0.15, 0.2) is 0 Å². The lowest BCUT2D eigenvalue weighted by molar-refractivity contribution is -0.389. The normalized spacial score (nSPS) is 14.8. The van der Waals surface area contributed by atoms with Gasteiger partial charge >= 0.3 is 32.4 Å². The highest BCUT2D eigenvalue weighted by molar-refractivity contribution is 6.63. The first-order valence-corrected chi connectivity index (χ1v) is 9.53. The van der Waals surface area contributed by atoms with Crippen molar-refractivity contribution >= 4 is 8.80 Å². The molecule has 0 heterocycles. The van der Waals surface area contributed by atoms with Crippen LogP contribution in [0.3, 0.4) is 0 Å². The van der Waals surface area contributed by atoms with Gasteiger partial charge < -0.3 is 13.3 Å². The first-order valence-electron chi connectivity index (χ1n) is 7.80. The Labute approximate surface area is 146 Å². The Balaban J connectivity index is 6.28. The molecule has 0 aromatic rings. The molecule has 13 heteroatoms. The summed E-state index contributed by atoms with van der Waals surface area (Å²) in [5.41, 5.74) is -6.03. The van der Waals surface area contributed by atoms with E-state index < -0.39 is 52.2 Å². The molecular weight excluding hydrogens is 403 g/mol. The van der Waals surface area contributed by atoms with Crippen LogP contribution in [0.4, 0.5) is 39.5 Å². The summed E-state index contributed by atoms with van der Waals surface area (Å²) in [6, 6.07) is 0. The van der Waals surface area contributed by atoms with E-state index in [4.69, 9.17) is 0 Å². The standard InChI is InChI=1S/C13H21F9O3Si/c1-4-7-23-26(24-8-5-2,25-9-6-3)13(21,22)11(16,17)10(14,15)12(18,19)20/h4-9H2,1-3H3. The number of rotatable bonds is 12.